The highest BCUT2D eigenvalue weighted by atomic mass is 32.2. The Morgan fingerprint density at radius 2 is 1.83 bits per heavy atom. The van der Waals surface area contributed by atoms with Gasteiger partial charge in [-0.05, 0) is 54.9 Å². The quantitative estimate of drug-likeness (QED) is 0.276. The molecule has 35 heavy (non-hydrogen) atoms. The fraction of sp³-hybridized carbons (Fsp3) is 0.583. The van der Waals surface area contributed by atoms with E-state index >= 15 is 0 Å². The number of benzene rings is 1. The van der Waals surface area contributed by atoms with E-state index in [2.05, 4.69) is 10.6 Å². The van der Waals surface area contributed by atoms with Crippen molar-refractivity contribution in [2.24, 2.45) is 11.7 Å². The maximum atomic E-state index is 13.4. The van der Waals surface area contributed by atoms with Crippen LogP contribution < -0.4 is 16.4 Å². The van der Waals surface area contributed by atoms with Crippen LogP contribution in [-0.2, 0) is 25.6 Å². The van der Waals surface area contributed by atoms with E-state index in [1.165, 1.54) is 17.0 Å². The number of aliphatic carboxylic acids is 1. The van der Waals surface area contributed by atoms with Crippen molar-refractivity contribution >= 4 is 35.5 Å². The number of amides is 3. The number of nitrogens with two attached hydrogens (primary N) is 1. The van der Waals surface area contributed by atoms with Crippen LogP contribution in [0.25, 0.3) is 0 Å². The van der Waals surface area contributed by atoms with Gasteiger partial charge in [-0.1, -0.05) is 26.0 Å². The number of nitrogens with one attached hydrogen (secondary N) is 2. The molecule has 2 rings (SSSR count). The van der Waals surface area contributed by atoms with Gasteiger partial charge in [0, 0.05) is 13.0 Å². The third-order valence-corrected chi connectivity index (χ3v) is 6.67. The van der Waals surface area contributed by atoms with Crippen LogP contribution in [0.3, 0.4) is 0 Å². The number of thioether (sulfide) groups is 1. The van der Waals surface area contributed by atoms with Gasteiger partial charge in [0.1, 0.15) is 23.9 Å². The Morgan fingerprint density at radius 3 is 2.40 bits per heavy atom. The zero-order valence-corrected chi connectivity index (χ0v) is 21.2. The van der Waals surface area contributed by atoms with Gasteiger partial charge in [0.05, 0.1) is 6.04 Å². The van der Waals surface area contributed by atoms with Crippen molar-refractivity contribution in [3.8, 4) is 5.75 Å². The van der Waals surface area contributed by atoms with Gasteiger partial charge in [0.25, 0.3) is 0 Å². The first-order valence-electron chi connectivity index (χ1n) is 11.7. The predicted octanol–water partition coefficient (Wildman–Crippen LogP) is 0.716. The molecule has 0 saturated carbocycles. The fourth-order valence-corrected chi connectivity index (χ4v) is 4.46. The SMILES string of the molecule is CSCCC(N)C(=O)NC(C(=O)N1CCCC1C(=O)NC(Cc1ccc(O)cc1)C(=O)O)C(C)C. The Balaban J connectivity index is 2.09. The minimum Gasteiger partial charge on any atom is -0.508 e. The summed E-state index contributed by atoms with van der Waals surface area (Å²) in [7, 11) is 0. The summed E-state index contributed by atoms with van der Waals surface area (Å²) in [4.78, 5) is 52.2. The molecule has 4 unspecified atom stereocenters. The van der Waals surface area contributed by atoms with Crippen LogP contribution in [-0.4, -0.2) is 81.5 Å². The van der Waals surface area contributed by atoms with E-state index in [-0.39, 0.29) is 24.0 Å². The average molecular weight is 509 g/mol. The van der Waals surface area contributed by atoms with Gasteiger partial charge in [-0.2, -0.15) is 11.8 Å². The molecule has 0 bridgehead atoms. The number of phenolic OH excluding ortho intramolecular Hbond substituents is 1. The molecular formula is C24H36N4O6S. The number of carbonyl (C=O) groups is 4. The van der Waals surface area contributed by atoms with Crippen molar-refractivity contribution in [1.82, 2.24) is 15.5 Å². The summed E-state index contributed by atoms with van der Waals surface area (Å²) in [5.41, 5.74) is 6.59. The number of phenols is 1. The van der Waals surface area contributed by atoms with Gasteiger partial charge in [0.15, 0.2) is 0 Å². The Morgan fingerprint density at radius 1 is 1.17 bits per heavy atom. The Hall–Kier alpha value is -2.79. The molecule has 3 amide bonds. The molecule has 1 aromatic rings. The number of rotatable bonds is 12. The van der Waals surface area contributed by atoms with Gasteiger partial charge >= 0.3 is 5.97 Å². The molecule has 194 valence electrons. The second kappa shape index (κ2) is 13.3. The Labute approximate surface area is 210 Å². The summed E-state index contributed by atoms with van der Waals surface area (Å²) in [6.45, 7) is 3.95. The molecule has 0 radical (unpaired) electrons. The van der Waals surface area contributed by atoms with Crippen LogP contribution in [0.5, 0.6) is 5.75 Å². The normalized spacial score (nSPS) is 18.1. The zero-order valence-electron chi connectivity index (χ0n) is 20.4. The number of hydrogen-bond donors (Lipinski definition) is 5. The topological polar surface area (TPSA) is 162 Å². The van der Waals surface area contributed by atoms with Crippen LogP contribution in [0.2, 0.25) is 0 Å². The molecular weight excluding hydrogens is 472 g/mol. The lowest BCUT2D eigenvalue weighted by atomic mass is 10.0. The third kappa shape index (κ3) is 8.14. The van der Waals surface area contributed by atoms with Crippen LogP contribution in [0.4, 0.5) is 0 Å². The maximum absolute atomic E-state index is 13.4. The van der Waals surface area contributed by atoms with E-state index in [0.717, 1.165) is 5.75 Å². The molecule has 1 saturated heterocycles. The Bertz CT molecular complexity index is 895. The third-order valence-electron chi connectivity index (χ3n) is 6.03. The largest absolute Gasteiger partial charge is 0.508 e. The highest BCUT2D eigenvalue weighted by molar-refractivity contribution is 7.98. The molecule has 1 aromatic carbocycles. The molecule has 0 aromatic heterocycles. The summed E-state index contributed by atoms with van der Waals surface area (Å²) in [5, 5.41) is 24.3. The highest BCUT2D eigenvalue weighted by Gasteiger charge is 2.40. The summed E-state index contributed by atoms with van der Waals surface area (Å²) < 4.78 is 0. The molecule has 11 heteroatoms. The van der Waals surface area contributed by atoms with Crippen LogP contribution in [0.1, 0.15) is 38.7 Å². The van der Waals surface area contributed by atoms with Crippen molar-refractivity contribution < 1.29 is 29.4 Å². The maximum Gasteiger partial charge on any atom is 0.326 e. The number of carbonyl (C=O) groups excluding carboxylic acids is 3. The number of hydrogen-bond acceptors (Lipinski definition) is 7. The summed E-state index contributed by atoms with van der Waals surface area (Å²) in [5.74, 6) is -1.99. The average Bonchev–Trinajstić information content (AvgIpc) is 3.31. The first-order valence-corrected chi connectivity index (χ1v) is 13.1. The van der Waals surface area contributed by atoms with Gasteiger partial charge in [0.2, 0.25) is 17.7 Å². The summed E-state index contributed by atoms with van der Waals surface area (Å²) >= 11 is 1.58. The minimum atomic E-state index is -1.20. The van der Waals surface area contributed by atoms with Crippen LogP contribution in [0, 0.1) is 5.92 Å². The lowest BCUT2D eigenvalue weighted by Crippen LogP contribution is -2.58. The Kier molecular flexibility index (Phi) is 10.8. The van der Waals surface area contributed by atoms with Crippen molar-refractivity contribution in [2.75, 3.05) is 18.6 Å². The molecule has 1 heterocycles. The molecule has 1 aliphatic rings. The van der Waals surface area contributed by atoms with Gasteiger partial charge in [-0.15, -0.1) is 0 Å². The molecule has 4 atom stereocenters. The summed E-state index contributed by atoms with van der Waals surface area (Å²) in [6, 6.07) is 2.47. The number of aromatic hydroxyl groups is 1. The second-order valence-corrected chi connectivity index (χ2v) is 10.1. The molecule has 0 aliphatic carbocycles. The fourth-order valence-electron chi connectivity index (χ4n) is 3.97. The monoisotopic (exact) mass is 508 g/mol. The lowest BCUT2D eigenvalue weighted by Gasteiger charge is -2.31. The number of carboxylic acids is 1. The smallest absolute Gasteiger partial charge is 0.326 e. The van der Waals surface area contributed by atoms with E-state index < -0.39 is 42.0 Å². The minimum absolute atomic E-state index is 0.0284. The standard InChI is InChI=1S/C24H36N4O6S/c1-14(2)20(27-21(30)17(25)10-12-35-3)23(32)28-11-4-5-19(28)22(31)26-18(24(33)34)13-15-6-8-16(29)9-7-15/h6-9,14,17-20,29H,4-5,10-13,25H2,1-3H3,(H,26,31)(H,27,30)(H,33,34). The van der Waals surface area contributed by atoms with E-state index in [0.29, 0.717) is 31.4 Å². The second-order valence-electron chi connectivity index (χ2n) is 9.08. The first-order chi connectivity index (χ1) is 16.5. The van der Waals surface area contributed by atoms with Crippen LogP contribution >= 0.6 is 11.8 Å². The van der Waals surface area contributed by atoms with Crippen molar-refractivity contribution in [1.29, 1.82) is 0 Å². The van der Waals surface area contributed by atoms with Crippen molar-refractivity contribution in [3.63, 3.8) is 0 Å². The van der Waals surface area contributed by atoms with E-state index in [1.807, 2.05) is 6.26 Å². The van der Waals surface area contributed by atoms with Gasteiger partial charge in [-0.3, -0.25) is 14.4 Å². The lowest BCUT2D eigenvalue weighted by molar-refractivity contribution is -0.145. The van der Waals surface area contributed by atoms with E-state index in [4.69, 9.17) is 5.73 Å². The molecule has 1 fully saturated rings. The molecule has 0 spiro atoms. The van der Waals surface area contributed by atoms with Crippen molar-refractivity contribution in [2.45, 2.75) is 63.7 Å². The van der Waals surface area contributed by atoms with E-state index in [9.17, 15) is 29.4 Å². The molecule has 6 N–H and O–H groups in total. The molecule has 1 aliphatic heterocycles. The van der Waals surface area contributed by atoms with Crippen LogP contribution in [0.15, 0.2) is 24.3 Å². The van der Waals surface area contributed by atoms with Gasteiger partial charge < -0.3 is 31.5 Å². The van der Waals surface area contributed by atoms with Crippen molar-refractivity contribution in [3.05, 3.63) is 29.8 Å². The van der Waals surface area contributed by atoms with E-state index in [1.54, 1.807) is 37.7 Å². The number of nitrogens with zero attached hydrogens (tertiary/aromatic N) is 1. The highest BCUT2D eigenvalue weighted by Crippen LogP contribution is 2.21. The first kappa shape index (κ1) is 28.4. The van der Waals surface area contributed by atoms with Gasteiger partial charge in [-0.25, -0.2) is 4.79 Å². The molecule has 10 nitrogen and oxygen atoms in total. The summed E-state index contributed by atoms with van der Waals surface area (Å²) in [6.07, 6.45) is 3.42. The number of carboxylic acid groups (broad SMARTS) is 1. The zero-order chi connectivity index (χ0) is 26.1. The predicted molar refractivity (Wildman–Crippen MR) is 134 cm³/mol. The number of likely N-dealkylation sites (tertiary alicyclic amines) is 1.